The SMILES string of the molecule is COCCOc1ccc2c(Oc3ccccc3C3(OC)C(F)=CN=CC3(F)C(N)=O)ccnc2c1. The molecule has 1 aliphatic heterocycles. The van der Waals surface area contributed by atoms with Crippen molar-refractivity contribution >= 4 is 23.0 Å². The lowest BCUT2D eigenvalue weighted by atomic mass is 9.76. The normalized spacial score (nSPS) is 21.5. The van der Waals surface area contributed by atoms with E-state index in [4.69, 9.17) is 24.7 Å². The molecule has 2 heterocycles. The summed E-state index contributed by atoms with van der Waals surface area (Å²) in [5, 5.41) is 0.621. The summed E-state index contributed by atoms with van der Waals surface area (Å²) in [6.45, 7) is 0.807. The number of nitrogens with zero attached hydrogens (tertiary/aromatic N) is 2. The Morgan fingerprint density at radius 2 is 1.89 bits per heavy atom. The Labute approximate surface area is 200 Å². The van der Waals surface area contributed by atoms with Gasteiger partial charge >= 0.3 is 0 Å². The molecule has 10 heteroatoms. The fourth-order valence-corrected chi connectivity index (χ4v) is 3.97. The summed E-state index contributed by atoms with van der Waals surface area (Å²) < 4.78 is 53.3. The van der Waals surface area contributed by atoms with Crippen LogP contribution in [0.5, 0.6) is 17.2 Å². The van der Waals surface area contributed by atoms with Gasteiger partial charge in [0.15, 0.2) is 11.4 Å². The summed E-state index contributed by atoms with van der Waals surface area (Å²) in [5.74, 6) is -1.61. The Morgan fingerprint density at radius 1 is 1.09 bits per heavy atom. The lowest BCUT2D eigenvalue weighted by Crippen LogP contribution is -2.60. The Morgan fingerprint density at radius 3 is 2.63 bits per heavy atom. The molecule has 4 rings (SSSR count). The Bertz CT molecular complexity index is 1320. The number of pyridine rings is 1. The second-order valence-corrected chi connectivity index (χ2v) is 7.64. The van der Waals surface area contributed by atoms with E-state index >= 15 is 8.78 Å². The standard InChI is InChI=1S/C25H23F2N3O5/c1-32-11-12-34-16-7-8-17-19(13-16)30-10-9-20(17)35-21-6-4-3-5-18(21)25(33-2)22(26)14-29-15-24(25,27)23(28)31/h3-10,13-15H,11-12H2,1-2H3,(H2,28,31). The molecular formula is C25H23F2N3O5. The minimum Gasteiger partial charge on any atom is -0.491 e. The zero-order valence-electron chi connectivity index (χ0n) is 19.0. The van der Waals surface area contributed by atoms with Crippen LogP contribution in [-0.2, 0) is 19.9 Å². The first kappa shape index (κ1) is 24.2. The van der Waals surface area contributed by atoms with Gasteiger partial charge in [-0.3, -0.25) is 14.8 Å². The van der Waals surface area contributed by atoms with Gasteiger partial charge in [-0.2, -0.15) is 0 Å². The quantitative estimate of drug-likeness (QED) is 0.462. The number of hydrogen-bond acceptors (Lipinski definition) is 7. The molecule has 0 spiro atoms. The molecule has 182 valence electrons. The van der Waals surface area contributed by atoms with Crippen molar-refractivity contribution in [3.8, 4) is 17.2 Å². The second-order valence-electron chi connectivity index (χ2n) is 7.64. The van der Waals surface area contributed by atoms with Crippen LogP contribution in [0.25, 0.3) is 10.9 Å². The topological polar surface area (TPSA) is 105 Å². The van der Waals surface area contributed by atoms with Gasteiger partial charge in [-0.1, -0.05) is 18.2 Å². The number of nitrogens with two attached hydrogens (primary N) is 1. The zero-order chi connectivity index (χ0) is 25.1. The van der Waals surface area contributed by atoms with Gasteiger partial charge in [0, 0.05) is 37.4 Å². The van der Waals surface area contributed by atoms with Gasteiger partial charge in [-0.15, -0.1) is 0 Å². The van der Waals surface area contributed by atoms with Crippen LogP contribution in [0.4, 0.5) is 8.78 Å². The third kappa shape index (κ3) is 4.11. The van der Waals surface area contributed by atoms with Gasteiger partial charge < -0.3 is 24.7 Å². The van der Waals surface area contributed by atoms with E-state index in [9.17, 15) is 4.79 Å². The molecule has 1 aromatic heterocycles. The maximum atomic E-state index is 16.0. The summed E-state index contributed by atoms with van der Waals surface area (Å²) in [4.78, 5) is 20.0. The number of aromatic nitrogens is 1. The molecule has 0 radical (unpaired) electrons. The minimum atomic E-state index is -3.12. The largest absolute Gasteiger partial charge is 0.491 e. The lowest BCUT2D eigenvalue weighted by molar-refractivity contribution is -0.145. The van der Waals surface area contributed by atoms with Gasteiger partial charge in [-0.25, -0.2) is 8.78 Å². The second kappa shape index (κ2) is 9.77. The molecule has 35 heavy (non-hydrogen) atoms. The Kier molecular flexibility index (Phi) is 6.77. The number of benzene rings is 2. The van der Waals surface area contributed by atoms with E-state index in [1.807, 2.05) is 0 Å². The molecule has 2 aromatic carbocycles. The monoisotopic (exact) mass is 483 g/mol. The number of rotatable bonds is 9. The summed E-state index contributed by atoms with van der Waals surface area (Å²) in [7, 11) is 2.66. The first-order valence-electron chi connectivity index (χ1n) is 10.6. The number of primary amides is 1. The summed E-state index contributed by atoms with van der Waals surface area (Å²) in [6.07, 6.45) is 2.93. The predicted molar refractivity (Wildman–Crippen MR) is 125 cm³/mol. The van der Waals surface area contributed by atoms with E-state index in [0.29, 0.717) is 41.8 Å². The van der Waals surface area contributed by atoms with E-state index < -0.39 is 23.0 Å². The molecule has 0 aliphatic carbocycles. The first-order chi connectivity index (χ1) is 16.9. The highest BCUT2D eigenvalue weighted by atomic mass is 19.2. The van der Waals surface area contributed by atoms with Gasteiger partial charge in [-0.05, 0) is 24.3 Å². The van der Waals surface area contributed by atoms with Gasteiger partial charge in [0.25, 0.3) is 11.6 Å². The average molecular weight is 483 g/mol. The molecule has 0 saturated heterocycles. The number of carbonyl (C=O) groups is 1. The van der Waals surface area contributed by atoms with Gasteiger partial charge in [0.1, 0.15) is 23.9 Å². The van der Waals surface area contributed by atoms with Crippen molar-refractivity contribution < 1.29 is 32.5 Å². The highest BCUT2D eigenvalue weighted by Crippen LogP contribution is 2.50. The molecule has 0 bridgehead atoms. The summed E-state index contributed by atoms with van der Waals surface area (Å²) in [5.41, 5.74) is 0.167. The molecule has 8 nitrogen and oxygen atoms in total. The van der Waals surface area contributed by atoms with E-state index in [1.54, 1.807) is 37.4 Å². The van der Waals surface area contributed by atoms with Crippen LogP contribution in [0.2, 0.25) is 0 Å². The van der Waals surface area contributed by atoms with Crippen LogP contribution >= 0.6 is 0 Å². The Hall–Kier alpha value is -3.89. The number of methoxy groups -OCH3 is 2. The van der Waals surface area contributed by atoms with E-state index in [2.05, 4.69) is 9.98 Å². The molecule has 2 atom stereocenters. The van der Waals surface area contributed by atoms with Crippen molar-refractivity contribution in [3.05, 3.63) is 72.3 Å². The summed E-state index contributed by atoms with van der Waals surface area (Å²) in [6, 6.07) is 12.9. The fourth-order valence-electron chi connectivity index (χ4n) is 3.97. The van der Waals surface area contributed by atoms with Gasteiger partial charge in [0.2, 0.25) is 0 Å². The fraction of sp³-hybridized carbons (Fsp3) is 0.240. The third-order valence-electron chi connectivity index (χ3n) is 5.67. The van der Waals surface area contributed by atoms with Crippen molar-refractivity contribution in [2.75, 3.05) is 27.4 Å². The first-order valence-corrected chi connectivity index (χ1v) is 10.6. The van der Waals surface area contributed by atoms with E-state index in [1.165, 1.54) is 24.4 Å². The number of carbonyl (C=O) groups excluding carboxylic acids is 1. The van der Waals surface area contributed by atoms with Crippen LogP contribution in [0.3, 0.4) is 0 Å². The smallest absolute Gasteiger partial charge is 0.264 e. The number of hydrogen-bond donors (Lipinski definition) is 1. The number of halogens is 2. The van der Waals surface area contributed by atoms with E-state index in [-0.39, 0.29) is 11.3 Å². The maximum Gasteiger partial charge on any atom is 0.264 e. The van der Waals surface area contributed by atoms with Crippen molar-refractivity contribution in [1.29, 1.82) is 0 Å². The van der Waals surface area contributed by atoms with Crippen LogP contribution in [0, 0.1) is 0 Å². The molecular weight excluding hydrogens is 460 g/mol. The maximum absolute atomic E-state index is 16.0. The third-order valence-corrected chi connectivity index (χ3v) is 5.67. The van der Waals surface area contributed by atoms with Crippen LogP contribution in [0.1, 0.15) is 5.56 Å². The van der Waals surface area contributed by atoms with Crippen molar-refractivity contribution in [2.45, 2.75) is 11.3 Å². The van der Waals surface area contributed by atoms with Crippen molar-refractivity contribution in [1.82, 2.24) is 4.98 Å². The van der Waals surface area contributed by atoms with Crippen molar-refractivity contribution in [2.24, 2.45) is 10.7 Å². The number of para-hydroxylation sites is 1. The molecule has 1 amide bonds. The molecule has 3 aromatic rings. The molecule has 0 saturated carbocycles. The number of alkyl halides is 1. The van der Waals surface area contributed by atoms with Crippen LogP contribution < -0.4 is 15.2 Å². The van der Waals surface area contributed by atoms with Gasteiger partial charge in [0.05, 0.1) is 24.5 Å². The predicted octanol–water partition coefficient (Wildman–Crippen LogP) is 3.98. The molecule has 0 fully saturated rings. The number of amides is 1. The van der Waals surface area contributed by atoms with Crippen LogP contribution in [-0.4, -0.2) is 50.2 Å². The minimum absolute atomic E-state index is 0.0457. The van der Waals surface area contributed by atoms with Crippen molar-refractivity contribution in [3.63, 3.8) is 0 Å². The molecule has 2 N–H and O–H groups in total. The summed E-state index contributed by atoms with van der Waals surface area (Å²) >= 11 is 0. The Balaban J connectivity index is 1.78. The lowest BCUT2D eigenvalue weighted by Gasteiger charge is -2.41. The number of ether oxygens (including phenoxy) is 4. The molecule has 1 aliphatic rings. The van der Waals surface area contributed by atoms with Crippen LogP contribution in [0.15, 0.2) is 71.7 Å². The molecule has 2 unspecified atom stereocenters. The zero-order valence-corrected chi connectivity index (χ0v) is 19.0. The highest BCUT2D eigenvalue weighted by molar-refractivity contribution is 6.04. The number of aliphatic imine (C=N–C) groups is 1. The average Bonchev–Trinajstić information content (AvgIpc) is 2.85. The highest BCUT2D eigenvalue weighted by Gasteiger charge is 2.63. The van der Waals surface area contributed by atoms with E-state index in [0.717, 1.165) is 13.3 Å². The number of fused-ring (bicyclic) bond motifs is 1.